The van der Waals surface area contributed by atoms with E-state index in [1.807, 2.05) is 32.0 Å². The molecule has 0 spiro atoms. The van der Waals surface area contributed by atoms with Crippen LogP contribution in [-0.4, -0.2) is 11.9 Å². The number of carbonyl (C=O) groups excluding carboxylic acids is 1. The van der Waals surface area contributed by atoms with E-state index < -0.39 is 0 Å². The first-order valence-electron chi connectivity index (χ1n) is 5.02. The van der Waals surface area contributed by atoms with Crippen molar-refractivity contribution < 1.29 is 9.53 Å². The van der Waals surface area contributed by atoms with Crippen molar-refractivity contribution in [2.24, 2.45) is 0 Å². The zero-order chi connectivity index (χ0) is 12.3. The van der Waals surface area contributed by atoms with Gasteiger partial charge in [-0.2, -0.15) is 0 Å². The average Bonchev–Trinajstić information content (AvgIpc) is 2.19. The average molecular weight is 350 g/mol. The number of ether oxygens (including phenoxy) is 1. The molecule has 16 heavy (non-hydrogen) atoms. The summed E-state index contributed by atoms with van der Waals surface area (Å²) in [5.41, 5.74) is 0.926. The zero-order valence-corrected chi connectivity index (χ0v) is 12.6. The Morgan fingerprint density at radius 2 is 2.00 bits per heavy atom. The minimum atomic E-state index is -0.253. The van der Waals surface area contributed by atoms with E-state index in [0.29, 0.717) is 0 Å². The third-order valence-corrected chi connectivity index (χ3v) is 3.76. The van der Waals surface area contributed by atoms with Crippen molar-refractivity contribution in [3.05, 3.63) is 28.2 Å². The van der Waals surface area contributed by atoms with Crippen molar-refractivity contribution in [1.82, 2.24) is 0 Å². The van der Waals surface area contributed by atoms with Gasteiger partial charge in [-0.1, -0.05) is 22.0 Å². The van der Waals surface area contributed by atoms with Crippen LogP contribution in [0.3, 0.4) is 0 Å². The van der Waals surface area contributed by atoms with Crippen molar-refractivity contribution in [2.45, 2.75) is 31.7 Å². The maximum Gasteiger partial charge on any atom is 0.147 e. The van der Waals surface area contributed by atoms with Crippen LogP contribution in [0.25, 0.3) is 0 Å². The molecule has 2 nitrogen and oxygen atoms in total. The molecule has 0 bridgehead atoms. The molecule has 1 unspecified atom stereocenters. The Balaban J connectivity index is 2.95. The topological polar surface area (TPSA) is 26.3 Å². The molecule has 88 valence electrons. The highest BCUT2D eigenvalue weighted by Gasteiger charge is 2.14. The third kappa shape index (κ3) is 3.59. The fraction of sp³-hybridized carbons (Fsp3) is 0.417. The van der Waals surface area contributed by atoms with Crippen molar-refractivity contribution >= 4 is 37.6 Å². The summed E-state index contributed by atoms with van der Waals surface area (Å²) in [6.45, 7) is 5.51. The molecule has 1 rings (SSSR count). The summed E-state index contributed by atoms with van der Waals surface area (Å²) < 4.78 is 6.46. The van der Waals surface area contributed by atoms with Crippen LogP contribution < -0.4 is 4.74 Å². The van der Waals surface area contributed by atoms with Gasteiger partial charge in [0.1, 0.15) is 11.5 Å². The molecule has 0 radical (unpaired) electrons. The number of hydrogen-bond acceptors (Lipinski definition) is 2. The fourth-order valence-electron chi connectivity index (χ4n) is 1.26. The molecule has 0 N–H and O–H groups in total. The van der Waals surface area contributed by atoms with E-state index in [-0.39, 0.29) is 16.7 Å². The molecular formula is C12H14Br2O2. The van der Waals surface area contributed by atoms with E-state index in [4.69, 9.17) is 4.74 Å². The Kier molecular flexibility index (Phi) is 4.99. The number of benzene rings is 1. The minimum absolute atomic E-state index is 0.0874. The van der Waals surface area contributed by atoms with E-state index in [9.17, 15) is 4.79 Å². The smallest absolute Gasteiger partial charge is 0.147 e. The van der Waals surface area contributed by atoms with Crippen LogP contribution in [0.15, 0.2) is 22.7 Å². The van der Waals surface area contributed by atoms with Crippen LogP contribution in [0, 0.1) is 0 Å². The molecule has 1 atom stereocenters. The van der Waals surface area contributed by atoms with Crippen molar-refractivity contribution in [1.29, 1.82) is 0 Å². The Hall–Kier alpha value is -0.350. The van der Waals surface area contributed by atoms with Gasteiger partial charge in [0.25, 0.3) is 0 Å². The van der Waals surface area contributed by atoms with Gasteiger partial charge >= 0.3 is 0 Å². The third-order valence-electron chi connectivity index (χ3n) is 1.97. The Morgan fingerprint density at radius 1 is 1.38 bits per heavy atom. The quantitative estimate of drug-likeness (QED) is 0.759. The summed E-state index contributed by atoms with van der Waals surface area (Å²) in [7, 11) is 0. The number of carbonyl (C=O) groups is 1. The SMILES string of the molecule is CC(=O)C(Br)c1ccc(OC(C)C)c(Br)c1. The summed E-state index contributed by atoms with van der Waals surface area (Å²) in [4.78, 5) is 11.0. The first-order chi connectivity index (χ1) is 7.41. The number of alkyl halides is 1. The number of rotatable bonds is 4. The Bertz CT molecular complexity index is 389. The fourth-order valence-corrected chi connectivity index (χ4v) is 2.03. The van der Waals surface area contributed by atoms with Crippen LogP contribution in [0.1, 0.15) is 31.2 Å². The first kappa shape index (κ1) is 13.7. The lowest BCUT2D eigenvalue weighted by atomic mass is 10.1. The highest BCUT2D eigenvalue weighted by Crippen LogP contribution is 2.32. The normalized spacial score (nSPS) is 12.6. The first-order valence-corrected chi connectivity index (χ1v) is 6.73. The summed E-state index contributed by atoms with van der Waals surface area (Å²) in [6.07, 6.45) is 0.134. The van der Waals surface area contributed by atoms with Gasteiger partial charge in [0.05, 0.1) is 15.4 Å². The molecule has 0 aliphatic rings. The van der Waals surface area contributed by atoms with Gasteiger partial charge in [-0.3, -0.25) is 4.79 Å². The van der Waals surface area contributed by atoms with E-state index in [1.165, 1.54) is 0 Å². The Morgan fingerprint density at radius 3 is 2.44 bits per heavy atom. The summed E-state index contributed by atoms with van der Waals surface area (Å²) >= 11 is 6.78. The zero-order valence-electron chi connectivity index (χ0n) is 9.46. The van der Waals surface area contributed by atoms with Gasteiger partial charge in [-0.05, 0) is 54.4 Å². The molecule has 0 saturated heterocycles. The minimum Gasteiger partial charge on any atom is -0.490 e. The van der Waals surface area contributed by atoms with Gasteiger partial charge in [0.15, 0.2) is 0 Å². The molecule has 0 aliphatic heterocycles. The molecule has 4 heteroatoms. The largest absolute Gasteiger partial charge is 0.490 e. The predicted molar refractivity (Wildman–Crippen MR) is 72.3 cm³/mol. The van der Waals surface area contributed by atoms with Gasteiger partial charge in [-0.15, -0.1) is 0 Å². The van der Waals surface area contributed by atoms with Crippen molar-refractivity contribution in [3.63, 3.8) is 0 Å². The van der Waals surface area contributed by atoms with Crippen LogP contribution in [0.4, 0.5) is 0 Å². The van der Waals surface area contributed by atoms with Gasteiger partial charge in [0, 0.05) is 0 Å². The maximum absolute atomic E-state index is 11.2. The van der Waals surface area contributed by atoms with E-state index in [2.05, 4.69) is 31.9 Å². The highest BCUT2D eigenvalue weighted by molar-refractivity contribution is 9.10. The van der Waals surface area contributed by atoms with E-state index in [0.717, 1.165) is 15.8 Å². The van der Waals surface area contributed by atoms with Gasteiger partial charge in [0.2, 0.25) is 0 Å². The summed E-state index contributed by atoms with van der Waals surface area (Å²) in [5.74, 6) is 0.881. The lowest BCUT2D eigenvalue weighted by molar-refractivity contribution is -0.116. The van der Waals surface area contributed by atoms with Crippen molar-refractivity contribution in [3.8, 4) is 5.75 Å². The molecule has 0 heterocycles. The molecule has 1 aromatic rings. The lowest BCUT2D eigenvalue weighted by Gasteiger charge is -2.13. The second-order valence-corrected chi connectivity index (χ2v) is 5.60. The van der Waals surface area contributed by atoms with E-state index in [1.54, 1.807) is 6.92 Å². The molecule has 0 amide bonds. The van der Waals surface area contributed by atoms with Crippen LogP contribution in [0.5, 0.6) is 5.75 Å². The second-order valence-electron chi connectivity index (χ2n) is 3.83. The number of hydrogen-bond donors (Lipinski definition) is 0. The monoisotopic (exact) mass is 348 g/mol. The lowest BCUT2D eigenvalue weighted by Crippen LogP contribution is -2.07. The van der Waals surface area contributed by atoms with Crippen LogP contribution in [0.2, 0.25) is 0 Å². The van der Waals surface area contributed by atoms with Gasteiger partial charge < -0.3 is 4.74 Å². The molecule has 1 aromatic carbocycles. The van der Waals surface area contributed by atoms with Gasteiger partial charge in [-0.25, -0.2) is 0 Å². The number of ketones is 1. The van der Waals surface area contributed by atoms with Crippen LogP contribution in [-0.2, 0) is 4.79 Å². The standard InChI is InChI=1S/C12H14Br2O2/c1-7(2)16-11-5-4-9(6-10(11)13)12(14)8(3)15/h4-7,12H,1-3H3. The Labute approximate surface area is 113 Å². The summed E-state index contributed by atoms with van der Waals surface area (Å²) in [6, 6.07) is 5.67. The number of Topliss-reactive ketones (excluding diaryl/α,β-unsaturated/α-hetero) is 1. The highest BCUT2D eigenvalue weighted by atomic mass is 79.9. The second kappa shape index (κ2) is 5.82. The predicted octanol–water partition coefficient (Wildman–Crippen LogP) is 4.26. The summed E-state index contributed by atoms with van der Waals surface area (Å²) in [5, 5.41) is 0. The molecule has 0 saturated carbocycles. The van der Waals surface area contributed by atoms with E-state index >= 15 is 0 Å². The maximum atomic E-state index is 11.2. The molecule has 0 aliphatic carbocycles. The molecular weight excluding hydrogens is 336 g/mol. The van der Waals surface area contributed by atoms with Crippen molar-refractivity contribution in [2.75, 3.05) is 0 Å². The molecule has 0 aromatic heterocycles. The van der Waals surface area contributed by atoms with Crippen LogP contribution >= 0.6 is 31.9 Å². The number of halogens is 2. The molecule has 0 fully saturated rings.